The van der Waals surface area contributed by atoms with Gasteiger partial charge in [-0.15, -0.1) is 0 Å². The Morgan fingerprint density at radius 3 is 2.29 bits per heavy atom. The Hall–Kier alpha value is -0.780. The van der Waals surface area contributed by atoms with Crippen LogP contribution in [-0.2, 0) is 4.79 Å². The number of rotatable bonds is 2. The van der Waals surface area contributed by atoms with Crippen molar-refractivity contribution in [2.75, 3.05) is 7.05 Å². The molecule has 2 saturated heterocycles. The van der Waals surface area contributed by atoms with Crippen molar-refractivity contribution >= 4 is 5.91 Å². The number of piperidine rings is 1. The van der Waals surface area contributed by atoms with Crippen molar-refractivity contribution < 1.29 is 18.0 Å². The Balaban J connectivity index is 1.91. The number of carbonyl (C=O) groups is 1. The molecule has 6 heteroatoms. The van der Waals surface area contributed by atoms with Gasteiger partial charge in [-0.1, -0.05) is 0 Å². The zero-order valence-corrected chi connectivity index (χ0v) is 9.76. The summed E-state index contributed by atoms with van der Waals surface area (Å²) in [7, 11) is 1.49. The molecule has 0 aromatic carbocycles. The van der Waals surface area contributed by atoms with E-state index in [9.17, 15) is 18.0 Å². The van der Waals surface area contributed by atoms with Gasteiger partial charge in [-0.05, 0) is 25.7 Å². The van der Waals surface area contributed by atoms with Crippen molar-refractivity contribution in [3.63, 3.8) is 0 Å². The van der Waals surface area contributed by atoms with Crippen LogP contribution < -0.4 is 5.32 Å². The highest BCUT2D eigenvalue weighted by atomic mass is 19.4. The van der Waals surface area contributed by atoms with E-state index >= 15 is 0 Å². The number of fused-ring (bicyclic) bond motifs is 2. The molecule has 98 valence electrons. The van der Waals surface area contributed by atoms with Gasteiger partial charge in [0, 0.05) is 25.2 Å². The third-order valence-corrected chi connectivity index (χ3v) is 3.74. The average Bonchev–Trinajstić information content (AvgIpc) is 2.54. The van der Waals surface area contributed by atoms with Gasteiger partial charge in [-0.3, -0.25) is 4.79 Å². The Kier molecular flexibility index (Phi) is 3.34. The van der Waals surface area contributed by atoms with Crippen LogP contribution in [-0.4, -0.2) is 42.2 Å². The summed E-state index contributed by atoms with van der Waals surface area (Å²) in [5.74, 6) is -0.816. The van der Waals surface area contributed by atoms with Crippen LogP contribution >= 0.6 is 0 Å². The van der Waals surface area contributed by atoms with Crippen molar-refractivity contribution in [1.29, 1.82) is 0 Å². The predicted octanol–water partition coefficient (Wildman–Crippen LogP) is 1.68. The van der Waals surface area contributed by atoms with E-state index in [1.807, 2.05) is 0 Å². The molecular formula is C11H17F3N2O. The lowest BCUT2D eigenvalue weighted by molar-refractivity contribution is -0.162. The maximum Gasteiger partial charge on any atom is 0.397 e. The third kappa shape index (κ3) is 3.12. The van der Waals surface area contributed by atoms with Gasteiger partial charge in [-0.25, -0.2) is 0 Å². The van der Waals surface area contributed by atoms with Crippen molar-refractivity contribution in [2.45, 2.75) is 56.4 Å². The first-order valence-corrected chi connectivity index (χ1v) is 5.93. The molecule has 2 unspecified atom stereocenters. The number of hydrogen-bond donors (Lipinski definition) is 1. The third-order valence-electron chi connectivity index (χ3n) is 3.74. The maximum absolute atomic E-state index is 12.1. The largest absolute Gasteiger partial charge is 0.397 e. The first-order chi connectivity index (χ1) is 7.85. The summed E-state index contributed by atoms with van der Waals surface area (Å²) in [5.41, 5.74) is 0. The quantitative estimate of drug-likeness (QED) is 0.808. The molecule has 0 spiro atoms. The van der Waals surface area contributed by atoms with Crippen LogP contribution in [0.3, 0.4) is 0 Å². The summed E-state index contributed by atoms with van der Waals surface area (Å²) in [6, 6.07) is 0.711. The van der Waals surface area contributed by atoms with Crippen molar-refractivity contribution in [2.24, 2.45) is 0 Å². The van der Waals surface area contributed by atoms with E-state index in [1.54, 1.807) is 0 Å². The van der Waals surface area contributed by atoms with Crippen molar-refractivity contribution in [1.82, 2.24) is 10.2 Å². The second-order valence-corrected chi connectivity index (χ2v) is 5.06. The lowest BCUT2D eigenvalue weighted by Gasteiger charge is -2.35. The van der Waals surface area contributed by atoms with Crippen LogP contribution in [0, 0.1) is 0 Å². The van der Waals surface area contributed by atoms with E-state index in [1.165, 1.54) is 11.9 Å². The number of halogens is 3. The molecule has 2 bridgehead atoms. The maximum atomic E-state index is 12.1. The zero-order chi connectivity index (χ0) is 12.6. The van der Waals surface area contributed by atoms with Gasteiger partial charge in [0.1, 0.15) is 6.42 Å². The van der Waals surface area contributed by atoms with Crippen LogP contribution in [0.15, 0.2) is 0 Å². The predicted molar refractivity (Wildman–Crippen MR) is 56.4 cm³/mol. The highest BCUT2D eigenvalue weighted by molar-refractivity contribution is 5.76. The first kappa shape index (κ1) is 12.7. The molecule has 2 fully saturated rings. The molecule has 0 aromatic rings. The summed E-state index contributed by atoms with van der Waals surface area (Å²) in [4.78, 5) is 12.8. The number of alkyl halides is 3. The molecule has 1 N–H and O–H groups in total. The van der Waals surface area contributed by atoms with Gasteiger partial charge in [0.05, 0.1) is 0 Å². The summed E-state index contributed by atoms with van der Waals surface area (Å²) < 4.78 is 36.4. The van der Waals surface area contributed by atoms with Gasteiger partial charge in [0.15, 0.2) is 0 Å². The molecule has 0 aliphatic carbocycles. The van der Waals surface area contributed by atoms with Gasteiger partial charge >= 0.3 is 6.18 Å². The summed E-state index contributed by atoms with van der Waals surface area (Å²) in [6.07, 6.45) is -2.06. The molecule has 2 heterocycles. The number of amides is 1. The lowest BCUT2D eigenvalue weighted by Crippen LogP contribution is -2.49. The van der Waals surface area contributed by atoms with E-state index in [4.69, 9.17) is 0 Å². The van der Waals surface area contributed by atoms with Gasteiger partial charge in [0.25, 0.3) is 0 Å². The standard InChI is InChI=1S/C11H17F3N2O/c1-16(10(17)6-11(12,13)14)9-4-7-2-3-8(5-9)15-7/h7-9,15H,2-6H2,1H3. The number of nitrogens with one attached hydrogen (secondary N) is 1. The molecule has 1 amide bonds. The van der Waals surface area contributed by atoms with Crippen LogP contribution in [0.2, 0.25) is 0 Å². The van der Waals surface area contributed by atoms with Crippen LogP contribution in [0.4, 0.5) is 13.2 Å². The zero-order valence-electron chi connectivity index (χ0n) is 9.76. The number of nitrogens with zero attached hydrogens (tertiary/aromatic N) is 1. The van der Waals surface area contributed by atoms with Crippen LogP contribution in [0.5, 0.6) is 0 Å². The summed E-state index contributed by atoms with van der Waals surface area (Å²) in [6.45, 7) is 0. The minimum atomic E-state index is -4.41. The van der Waals surface area contributed by atoms with E-state index in [0.29, 0.717) is 12.1 Å². The molecule has 17 heavy (non-hydrogen) atoms. The van der Waals surface area contributed by atoms with Crippen molar-refractivity contribution in [3.8, 4) is 0 Å². The molecule has 2 rings (SSSR count). The molecule has 3 nitrogen and oxygen atoms in total. The monoisotopic (exact) mass is 250 g/mol. The van der Waals surface area contributed by atoms with Gasteiger partial charge in [0.2, 0.25) is 5.91 Å². The normalized spacial score (nSPS) is 32.6. The SMILES string of the molecule is CN(C(=O)CC(F)(F)F)C1CC2CCC(C1)N2. The summed E-state index contributed by atoms with van der Waals surface area (Å²) >= 11 is 0. The smallest absolute Gasteiger partial charge is 0.342 e. The molecule has 2 atom stereocenters. The Morgan fingerprint density at radius 1 is 1.29 bits per heavy atom. The highest BCUT2D eigenvalue weighted by Gasteiger charge is 2.39. The Morgan fingerprint density at radius 2 is 1.82 bits per heavy atom. The minimum absolute atomic E-state index is 0.0383. The summed E-state index contributed by atoms with van der Waals surface area (Å²) in [5, 5.41) is 3.40. The average molecular weight is 250 g/mol. The van der Waals surface area contributed by atoms with Crippen molar-refractivity contribution in [3.05, 3.63) is 0 Å². The topological polar surface area (TPSA) is 32.3 Å². The molecule has 0 saturated carbocycles. The molecule has 0 aromatic heterocycles. The fraction of sp³-hybridized carbons (Fsp3) is 0.909. The molecule has 2 aliphatic rings. The van der Waals surface area contributed by atoms with E-state index in [-0.39, 0.29) is 6.04 Å². The van der Waals surface area contributed by atoms with E-state index in [2.05, 4.69) is 5.32 Å². The number of carbonyl (C=O) groups excluding carboxylic acids is 1. The lowest BCUT2D eigenvalue weighted by atomic mass is 9.98. The fourth-order valence-electron chi connectivity index (χ4n) is 2.84. The van der Waals surface area contributed by atoms with E-state index < -0.39 is 18.5 Å². The Labute approximate surface area is 98.3 Å². The highest BCUT2D eigenvalue weighted by Crippen LogP contribution is 2.30. The minimum Gasteiger partial charge on any atom is -0.342 e. The fourth-order valence-corrected chi connectivity index (χ4v) is 2.84. The number of hydrogen-bond acceptors (Lipinski definition) is 2. The Bertz CT molecular complexity index is 294. The van der Waals surface area contributed by atoms with Gasteiger partial charge in [-0.2, -0.15) is 13.2 Å². The molecule has 0 radical (unpaired) electrons. The van der Waals surface area contributed by atoms with Gasteiger partial charge < -0.3 is 10.2 Å². The second kappa shape index (κ2) is 4.48. The van der Waals surface area contributed by atoms with E-state index in [0.717, 1.165) is 25.7 Å². The second-order valence-electron chi connectivity index (χ2n) is 5.06. The molecule has 2 aliphatic heterocycles. The van der Waals surface area contributed by atoms with Crippen LogP contribution in [0.25, 0.3) is 0 Å². The molecular weight excluding hydrogens is 233 g/mol. The first-order valence-electron chi connectivity index (χ1n) is 5.93. The van der Waals surface area contributed by atoms with Crippen LogP contribution in [0.1, 0.15) is 32.1 Å².